The van der Waals surface area contributed by atoms with Crippen LogP contribution in [0.1, 0.15) is 29.3 Å². The van der Waals surface area contributed by atoms with Gasteiger partial charge in [-0.1, -0.05) is 37.3 Å². The Morgan fingerprint density at radius 3 is 2.67 bits per heavy atom. The van der Waals surface area contributed by atoms with Crippen LogP contribution in [-0.2, 0) is 4.84 Å². The van der Waals surface area contributed by atoms with Gasteiger partial charge < -0.3 is 14.4 Å². The molecule has 0 aliphatic carbocycles. The quantitative estimate of drug-likeness (QED) is 0.391. The number of halogens is 3. The molecule has 2 aromatic carbocycles. The molecular formula is C21H19F3N2O4. The van der Waals surface area contributed by atoms with E-state index in [0.717, 1.165) is 0 Å². The van der Waals surface area contributed by atoms with Gasteiger partial charge in [-0.2, -0.15) is 0 Å². The molecule has 30 heavy (non-hydrogen) atoms. The standard InChI is InChI=1S/C21H19F3N2O4/c1-2-10-29-25-18(14-6-5-7-15(11-14)30-21(22,23)24)13-26-12-17(20(27)28)16-8-3-4-9-19(16)26/h3-9,11-13,25H,2,10H2,1H3,(H,27,28). The van der Waals surface area contributed by atoms with E-state index < -0.39 is 12.3 Å². The van der Waals surface area contributed by atoms with Gasteiger partial charge in [0.1, 0.15) is 5.75 Å². The summed E-state index contributed by atoms with van der Waals surface area (Å²) in [6.45, 7) is 2.27. The topological polar surface area (TPSA) is 72.7 Å². The van der Waals surface area contributed by atoms with Crippen LogP contribution in [0.25, 0.3) is 22.8 Å². The lowest BCUT2D eigenvalue weighted by molar-refractivity contribution is -0.274. The largest absolute Gasteiger partial charge is 0.573 e. The number of para-hydroxylation sites is 1. The lowest BCUT2D eigenvalue weighted by Gasteiger charge is -2.14. The molecule has 9 heteroatoms. The Labute approximate surface area is 170 Å². The van der Waals surface area contributed by atoms with Crippen molar-refractivity contribution >= 4 is 28.8 Å². The van der Waals surface area contributed by atoms with Gasteiger partial charge >= 0.3 is 12.3 Å². The first kappa shape index (κ1) is 21.3. The minimum Gasteiger partial charge on any atom is -0.478 e. The van der Waals surface area contributed by atoms with Gasteiger partial charge in [0, 0.05) is 23.3 Å². The van der Waals surface area contributed by atoms with Gasteiger partial charge in [0.05, 0.1) is 23.4 Å². The van der Waals surface area contributed by atoms with Crippen molar-refractivity contribution in [3.05, 3.63) is 65.9 Å². The number of ether oxygens (including phenoxy) is 1. The highest BCUT2D eigenvalue weighted by molar-refractivity contribution is 6.04. The number of carboxylic acids is 1. The number of aromatic nitrogens is 1. The van der Waals surface area contributed by atoms with Gasteiger partial charge in [0.2, 0.25) is 0 Å². The fourth-order valence-electron chi connectivity index (χ4n) is 2.87. The Balaban J connectivity index is 2.07. The second-order valence-electron chi connectivity index (χ2n) is 6.34. The molecule has 0 atom stereocenters. The summed E-state index contributed by atoms with van der Waals surface area (Å²) < 4.78 is 43.3. The second-order valence-corrected chi connectivity index (χ2v) is 6.34. The number of nitrogens with one attached hydrogen (secondary N) is 1. The van der Waals surface area contributed by atoms with Crippen molar-refractivity contribution < 1.29 is 32.6 Å². The van der Waals surface area contributed by atoms with Crippen molar-refractivity contribution in [1.82, 2.24) is 10.0 Å². The first-order valence-electron chi connectivity index (χ1n) is 9.07. The fraction of sp³-hybridized carbons (Fsp3) is 0.190. The minimum absolute atomic E-state index is 0.102. The van der Waals surface area contributed by atoms with Crippen LogP contribution in [-0.4, -0.2) is 28.6 Å². The summed E-state index contributed by atoms with van der Waals surface area (Å²) in [5.41, 5.74) is 4.15. The molecule has 3 rings (SSSR count). The number of hydroxylamine groups is 1. The van der Waals surface area contributed by atoms with Gasteiger partial charge in [0.25, 0.3) is 0 Å². The maximum absolute atomic E-state index is 12.6. The van der Waals surface area contributed by atoms with Crippen LogP contribution >= 0.6 is 0 Å². The van der Waals surface area contributed by atoms with E-state index in [0.29, 0.717) is 35.2 Å². The predicted octanol–water partition coefficient (Wildman–Crippen LogP) is 5.12. The van der Waals surface area contributed by atoms with Crippen molar-refractivity contribution in [2.75, 3.05) is 6.61 Å². The number of benzene rings is 2. The lowest BCUT2D eigenvalue weighted by Crippen LogP contribution is -2.18. The van der Waals surface area contributed by atoms with E-state index in [-0.39, 0.29) is 11.3 Å². The molecule has 0 aliphatic heterocycles. The highest BCUT2D eigenvalue weighted by Crippen LogP contribution is 2.27. The van der Waals surface area contributed by atoms with Crippen molar-refractivity contribution in [2.24, 2.45) is 0 Å². The van der Waals surface area contributed by atoms with E-state index in [2.05, 4.69) is 10.2 Å². The summed E-state index contributed by atoms with van der Waals surface area (Å²) in [6, 6.07) is 12.3. The summed E-state index contributed by atoms with van der Waals surface area (Å²) in [7, 11) is 0. The molecule has 0 bridgehead atoms. The molecule has 0 spiro atoms. The summed E-state index contributed by atoms with van der Waals surface area (Å²) in [5, 5.41) is 10.00. The summed E-state index contributed by atoms with van der Waals surface area (Å²) in [4.78, 5) is 16.9. The zero-order chi connectivity index (χ0) is 21.7. The van der Waals surface area contributed by atoms with Crippen molar-refractivity contribution in [1.29, 1.82) is 0 Å². The Bertz CT molecular complexity index is 1070. The van der Waals surface area contributed by atoms with Gasteiger partial charge in [-0.25, -0.2) is 4.79 Å². The molecule has 0 unspecified atom stereocenters. The van der Waals surface area contributed by atoms with Crippen LogP contribution in [0.2, 0.25) is 0 Å². The number of carboxylic acid groups (broad SMARTS) is 1. The van der Waals surface area contributed by atoms with E-state index in [4.69, 9.17) is 4.84 Å². The van der Waals surface area contributed by atoms with Gasteiger partial charge in [-0.3, -0.25) is 10.3 Å². The number of fused-ring (bicyclic) bond motifs is 1. The monoisotopic (exact) mass is 420 g/mol. The van der Waals surface area contributed by atoms with Gasteiger partial charge in [-0.15, -0.1) is 13.2 Å². The third kappa shape index (κ3) is 5.12. The molecule has 3 aromatic rings. The number of aromatic carboxylic acids is 1. The second kappa shape index (κ2) is 8.91. The maximum Gasteiger partial charge on any atom is 0.573 e. The van der Waals surface area contributed by atoms with E-state index >= 15 is 0 Å². The third-order valence-corrected chi connectivity index (χ3v) is 4.11. The average molecular weight is 420 g/mol. The Kier molecular flexibility index (Phi) is 6.31. The zero-order valence-corrected chi connectivity index (χ0v) is 15.9. The molecule has 0 fully saturated rings. The number of alkyl halides is 3. The average Bonchev–Trinajstić information content (AvgIpc) is 3.05. The molecule has 2 N–H and O–H groups in total. The number of hydrogen-bond acceptors (Lipinski definition) is 4. The highest BCUT2D eigenvalue weighted by atomic mass is 19.4. The molecule has 1 heterocycles. The lowest BCUT2D eigenvalue weighted by atomic mass is 10.1. The number of hydrogen-bond donors (Lipinski definition) is 2. The maximum atomic E-state index is 12.6. The number of nitrogens with zero attached hydrogens (tertiary/aromatic N) is 1. The Morgan fingerprint density at radius 1 is 1.20 bits per heavy atom. The smallest absolute Gasteiger partial charge is 0.478 e. The van der Waals surface area contributed by atoms with Gasteiger partial charge in [-0.05, 0) is 24.6 Å². The zero-order valence-electron chi connectivity index (χ0n) is 15.9. The summed E-state index contributed by atoms with van der Waals surface area (Å²) in [5.74, 6) is -1.47. The van der Waals surface area contributed by atoms with Gasteiger partial charge in [0.15, 0.2) is 0 Å². The van der Waals surface area contributed by atoms with Crippen LogP contribution in [0, 0.1) is 0 Å². The van der Waals surface area contributed by atoms with Crippen molar-refractivity contribution in [3.8, 4) is 5.75 Å². The third-order valence-electron chi connectivity index (χ3n) is 4.11. The van der Waals surface area contributed by atoms with Crippen LogP contribution in [0.3, 0.4) is 0 Å². The summed E-state index contributed by atoms with van der Waals surface area (Å²) in [6.07, 6.45) is -1.11. The van der Waals surface area contributed by atoms with Crippen molar-refractivity contribution in [3.63, 3.8) is 0 Å². The van der Waals surface area contributed by atoms with E-state index in [1.165, 1.54) is 24.4 Å². The van der Waals surface area contributed by atoms with E-state index in [1.54, 1.807) is 41.1 Å². The summed E-state index contributed by atoms with van der Waals surface area (Å²) >= 11 is 0. The Morgan fingerprint density at radius 2 is 1.97 bits per heavy atom. The minimum atomic E-state index is -4.82. The molecule has 1 aromatic heterocycles. The van der Waals surface area contributed by atoms with Crippen molar-refractivity contribution in [2.45, 2.75) is 19.7 Å². The molecule has 0 radical (unpaired) electrons. The molecule has 6 nitrogen and oxygen atoms in total. The predicted molar refractivity (Wildman–Crippen MR) is 106 cm³/mol. The van der Waals surface area contributed by atoms with Crippen LogP contribution in [0.15, 0.2) is 54.7 Å². The molecule has 158 valence electrons. The molecule has 0 saturated heterocycles. The molecular weight excluding hydrogens is 401 g/mol. The highest BCUT2D eigenvalue weighted by Gasteiger charge is 2.31. The van der Waals surface area contributed by atoms with Crippen LogP contribution in [0.5, 0.6) is 5.75 Å². The Hall–Kier alpha value is -3.46. The number of rotatable bonds is 8. The fourth-order valence-corrected chi connectivity index (χ4v) is 2.87. The first-order valence-corrected chi connectivity index (χ1v) is 9.07. The van der Waals surface area contributed by atoms with Crippen LogP contribution < -0.4 is 10.2 Å². The van der Waals surface area contributed by atoms with E-state index in [9.17, 15) is 23.1 Å². The van der Waals surface area contributed by atoms with E-state index in [1.807, 2.05) is 6.92 Å². The van der Waals surface area contributed by atoms with Crippen LogP contribution in [0.4, 0.5) is 13.2 Å². The number of carbonyl (C=O) groups is 1. The molecule has 0 aliphatic rings. The SMILES string of the molecule is CCCONC(=Cn1cc(C(=O)O)c2ccccc21)c1cccc(OC(F)(F)F)c1. The first-order chi connectivity index (χ1) is 14.3. The normalized spacial score (nSPS) is 12.2. The molecule has 0 saturated carbocycles. The molecule has 0 amide bonds.